The molecule has 0 heteroatoms. The Kier molecular flexibility index (Phi) is 8.05. The van der Waals surface area contributed by atoms with Gasteiger partial charge < -0.3 is 0 Å². The summed E-state index contributed by atoms with van der Waals surface area (Å²) in [5.41, 5.74) is 23.2. The number of hydrogen-bond acceptors (Lipinski definition) is 0. The van der Waals surface area contributed by atoms with Crippen molar-refractivity contribution in [2.24, 2.45) is 0 Å². The highest BCUT2D eigenvalue weighted by atomic mass is 14.3. The van der Waals surface area contributed by atoms with E-state index >= 15 is 0 Å². The molecule has 0 saturated heterocycles. The van der Waals surface area contributed by atoms with Crippen molar-refractivity contribution < 1.29 is 0 Å². The van der Waals surface area contributed by atoms with E-state index in [1.165, 1.54) is 100 Å². The van der Waals surface area contributed by atoms with Gasteiger partial charge in [0.2, 0.25) is 0 Å². The van der Waals surface area contributed by atoms with Gasteiger partial charge in [0.1, 0.15) is 0 Å². The zero-order valence-corrected chi connectivity index (χ0v) is 32.2. The van der Waals surface area contributed by atoms with Crippen molar-refractivity contribution in [1.29, 1.82) is 0 Å². The third kappa shape index (κ3) is 6.06. The van der Waals surface area contributed by atoms with E-state index in [9.17, 15) is 0 Å². The van der Waals surface area contributed by atoms with Gasteiger partial charge >= 0.3 is 0 Å². The van der Waals surface area contributed by atoms with Gasteiger partial charge in [-0.3, -0.25) is 0 Å². The molecule has 0 nitrogen and oxygen atoms in total. The minimum atomic E-state index is 0.108. The quantitative estimate of drug-likeness (QED) is 0.172. The van der Waals surface area contributed by atoms with Gasteiger partial charge in [-0.25, -0.2) is 0 Å². The predicted octanol–water partition coefficient (Wildman–Crippen LogP) is 14.8. The summed E-state index contributed by atoms with van der Waals surface area (Å²) in [4.78, 5) is 0. The summed E-state index contributed by atoms with van der Waals surface area (Å²) in [5.74, 6) is 0. The molecule has 0 amide bonds. The summed E-state index contributed by atoms with van der Waals surface area (Å²) < 4.78 is 0. The maximum Gasteiger partial charge on any atom is -0.00921 e. The number of hydrogen-bond donors (Lipinski definition) is 0. The molecule has 0 fully saturated rings. The van der Waals surface area contributed by atoms with Crippen molar-refractivity contribution in [3.8, 4) is 44.5 Å². The van der Waals surface area contributed by atoms with Crippen molar-refractivity contribution in [3.63, 3.8) is 0 Å². The molecule has 54 heavy (non-hydrogen) atoms. The molecule has 0 radical (unpaired) electrons. The fourth-order valence-electron chi connectivity index (χ4n) is 8.21. The Balaban J connectivity index is 1.25. The van der Waals surface area contributed by atoms with Gasteiger partial charge in [-0.2, -0.15) is 0 Å². The molecule has 0 atom stereocenters. The minimum Gasteiger partial charge on any atom is -0.0622 e. The summed E-state index contributed by atoms with van der Waals surface area (Å²) in [5, 5.41) is 0. The average molecular weight is 695 g/mol. The van der Waals surface area contributed by atoms with Crippen LogP contribution in [0.25, 0.3) is 67.8 Å². The Morgan fingerprint density at radius 3 is 1.00 bits per heavy atom. The Labute approximate surface area is 321 Å². The lowest BCUT2D eigenvalue weighted by atomic mass is 9.86. The fraction of sp³-hybridized carbons (Fsp3) is 0.148. The van der Waals surface area contributed by atoms with E-state index in [1.807, 2.05) is 0 Å². The predicted molar refractivity (Wildman–Crippen MR) is 232 cm³/mol. The zero-order chi connectivity index (χ0) is 37.2. The van der Waals surface area contributed by atoms with E-state index in [4.69, 9.17) is 0 Å². The Morgan fingerprint density at radius 2 is 0.648 bits per heavy atom. The van der Waals surface area contributed by atoms with E-state index in [0.29, 0.717) is 0 Å². The molecule has 9 rings (SSSR count). The highest BCUT2D eigenvalue weighted by molar-refractivity contribution is 6.13. The molecule has 7 aromatic rings. The SMILES string of the molecule is CC(C)(C)c1ccc(C=C2c3cc(-c4ccccc4)ccc3-c3cc4c(cc32)-c2ccc(-c3ccccc3)cc2C4=Cc2ccc(C(C)(C)C)cc2)cc1. The van der Waals surface area contributed by atoms with Crippen molar-refractivity contribution in [2.75, 3.05) is 0 Å². The molecular formula is C54H46. The van der Waals surface area contributed by atoms with E-state index in [-0.39, 0.29) is 10.8 Å². The third-order valence-electron chi connectivity index (χ3n) is 11.3. The molecule has 0 spiro atoms. The molecule has 262 valence electrons. The van der Waals surface area contributed by atoms with E-state index in [0.717, 1.165) is 0 Å². The Hall–Kier alpha value is -5.98. The van der Waals surface area contributed by atoms with Crippen LogP contribution in [0.15, 0.2) is 158 Å². The Bertz CT molecular complexity index is 2410. The largest absolute Gasteiger partial charge is 0.0622 e. The molecule has 7 aromatic carbocycles. The zero-order valence-electron chi connectivity index (χ0n) is 32.2. The third-order valence-corrected chi connectivity index (χ3v) is 11.3. The fourth-order valence-corrected chi connectivity index (χ4v) is 8.21. The van der Waals surface area contributed by atoms with Gasteiger partial charge in [0, 0.05) is 0 Å². The lowest BCUT2D eigenvalue weighted by molar-refractivity contribution is 0.590. The second-order valence-electron chi connectivity index (χ2n) is 17.1. The van der Waals surface area contributed by atoms with Gasteiger partial charge in [0.15, 0.2) is 0 Å². The normalized spacial score (nSPS) is 14.6. The number of rotatable bonds is 4. The van der Waals surface area contributed by atoms with Crippen LogP contribution >= 0.6 is 0 Å². The minimum absolute atomic E-state index is 0.108. The molecule has 0 aromatic heterocycles. The highest BCUT2D eigenvalue weighted by Gasteiger charge is 2.31. The van der Waals surface area contributed by atoms with Crippen LogP contribution in [0.2, 0.25) is 0 Å². The van der Waals surface area contributed by atoms with Gasteiger partial charge in [-0.1, -0.05) is 175 Å². The smallest absolute Gasteiger partial charge is 0.00921 e. The molecule has 0 bridgehead atoms. The molecule has 2 aliphatic rings. The Morgan fingerprint density at radius 1 is 0.296 bits per heavy atom. The standard InChI is InChI=1S/C54H46/c1-53(2,3)41-23-17-35(18-24-41)29-45-47-31-39(37-13-9-7-10-14-37)21-27-43(47)49-34-52-46(30-36-19-25-42(26-20-36)54(4,5)6)48-32-40(38-15-11-8-12-16-38)22-28-44(48)50(52)33-51(45)49/h7-34H,1-6H3. The van der Waals surface area contributed by atoms with Crippen LogP contribution in [0.3, 0.4) is 0 Å². The second-order valence-corrected chi connectivity index (χ2v) is 17.1. The van der Waals surface area contributed by atoms with Crippen LogP contribution in [-0.2, 0) is 10.8 Å². The maximum absolute atomic E-state index is 2.48. The molecule has 2 aliphatic carbocycles. The summed E-state index contributed by atoms with van der Waals surface area (Å²) in [6.07, 6.45) is 4.81. The summed E-state index contributed by atoms with van der Waals surface area (Å²) in [6.45, 7) is 13.7. The van der Waals surface area contributed by atoms with E-state index < -0.39 is 0 Å². The number of benzene rings is 7. The summed E-state index contributed by atoms with van der Waals surface area (Å²) in [6, 6.07) is 58.8. The lowest BCUT2D eigenvalue weighted by Crippen LogP contribution is -2.10. The van der Waals surface area contributed by atoms with Crippen molar-refractivity contribution in [1.82, 2.24) is 0 Å². The van der Waals surface area contributed by atoms with Crippen LogP contribution < -0.4 is 0 Å². The molecule has 0 aliphatic heterocycles. The van der Waals surface area contributed by atoms with Crippen LogP contribution in [0.4, 0.5) is 0 Å². The van der Waals surface area contributed by atoms with Crippen LogP contribution in [-0.4, -0.2) is 0 Å². The van der Waals surface area contributed by atoms with Crippen LogP contribution in [0.5, 0.6) is 0 Å². The van der Waals surface area contributed by atoms with Gasteiger partial charge in [0.05, 0.1) is 0 Å². The first-order valence-corrected chi connectivity index (χ1v) is 19.2. The van der Waals surface area contributed by atoms with Crippen LogP contribution in [0.1, 0.15) is 86.1 Å². The van der Waals surface area contributed by atoms with Crippen molar-refractivity contribution in [2.45, 2.75) is 52.4 Å². The lowest BCUT2D eigenvalue weighted by Gasteiger charge is -2.19. The first-order chi connectivity index (χ1) is 26.0. The van der Waals surface area contributed by atoms with Gasteiger partial charge in [0.25, 0.3) is 0 Å². The molecule has 0 saturated carbocycles. The van der Waals surface area contributed by atoms with Crippen LogP contribution in [0, 0.1) is 0 Å². The monoisotopic (exact) mass is 694 g/mol. The summed E-state index contributed by atoms with van der Waals surface area (Å²) >= 11 is 0. The first kappa shape index (κ1) is 33.8. The molecule has 0 heterocycles. The maximum atomic E-state index is 2.48. The molecule has 0 N–H and O–H groups in total. The van der Waals surface area contributed by atoms with E-state index in [1.54, 1.807) is 0 Å². The summed E-state index contributed by atoms with van der Waals surface area (Å²) in [7, 11) is 0. The molecular weight excluding hydrogens is 649 g/mol. The number of fused-ring (bicyclic) bond motifs is 6. The topological polar surface area (TPSA) is 0 Å². The first-order valence-electron chi connectivity index (χ1n) is 19.2. The second kappa shape index (κ2) is 12.9. The average Bonchev–Trinajstić information content (AvgIpc) is 3.64. The highest BCUT2D eigenvalue weighted by Crippen LogP contribution is 2.54. The van der Waals surface area contributed by atoms with Gasteiger partial charge in [-0.15, -0.1) is 0 Å². The van der Waals surface area contributed by atoms with E-state index in [2.05, 4.69) is 211 Å². The van der Waals surface area contributed by atoms with Crippen molar-refractivity contribution >= 4 is 23.3 Å². The van der Waals surface area contributed by atoms with Gasteiger partial charge in [-0.05, 0) is 147 Å². The van der Waals surface area contributed by atoms with Crippen molar-refractivity contribution in [3.05, 3.63) is 202 Å². The molecule has 0 unspecified atom stereocenters.